The van der Waals surface area contributed by atoms with E-state index in [-0.39, 0.29) is 49.3 Å². The van der Waals surface area contributed by atoms with Gasteiger partial charge < -0.3 is 20.5 Å². The van der Waals surface area contributed by atoms with Gasteiger partial charge in [-0.25, -0.2) is 4.79 Å². The van der Waals surface area contributed by atoms with E-state index in [9.17, 15) is 19.5 Å². The minimum Gasteiger partial charge on any atom is -0.481 e. The molecule has 3 aliphatic rings. The Morgan fingerprint density at radius 3 is 2.27 bits per heavy atom. The molecule has 5 rings (SSSR count). The van der Waals surface area contributed by atoms with Crippen LogP contribution in [0.15, 0.2) is 48.5 Å². The summed E-state index contributed by atoms with van der Waals surface area (Å²) >= 11 is 0. The molecular formula is C26H28N2O5. The van der Waals surface area contributed by atoms with Crippen LogP contribution < -0.4 is 10.6 Å². The summed E-state index contributed by atoms with van der Waals surface area (Å²) in [5.74, 6) is -0.463. The van der Waals surface area contributed by atoms with Crippen molar-refractivity contribution in [3.8, 4) is 11.1 Å². The standard InChI is InChI=1S/C26H28N2O5/c29-24(28-23-13-15-11-16(25(30)31)12-21(15)23)9-10-27-26(32)33-14-22-19-7-3-1-5-17(19)18-6-2-4-8-20(18)22/h1-8,15-16,21-23H,9-14H2,(H,27,32)(H,28,29)(H,30,31)/t15-,16?,21-,23+/m1/s1. The van der Waals surface area contributed by atoms with E-state index in [1.165, 1.54) is 11.1 Å². The summed E-state index contributed by atoms with van der Waals surface area (Å²) in [7, 11) is 0. The molecule has 2 fully saturated rings. The van der Waals surface area contributed by atoms with E-state index >= 15 is 0 Å². The summed E-state index contributed by atoms with van der Waals surface area (Å²) in [6.45, 7) is 0.434. The number of carboxylic acids is 1. The largest absolute Gasteiger partial charge is 0.481 e. The number of carboxylic acid groups (broad SMARTS) is 1. The molecule has 7 nitrogen and oxygen atoms in total. The molecule has 3 aliphatic carbocycles. The molecule has 2 aromatic carbocycles. The Morgan fingerprint density at radius 2 is 1.61 bits per heavy atom. The number of benzene rings is 2. The van der Waals surface area contributed by atoms with Gasteiger partial charge in [0.05, 0.1) is 5.92 Å². The van der Waals surface area contributed by atoms with Crippen molar-refractivity contribution in [2.75, 3.05) is 13.2 Å². The van der Waals surface area contributed by atoms with E-state index in [2.05, 4.69) is 34.9 Å². The smallest absolute Gasteiger partial charge is 0.407 e. The van der Waals surface area contributed by atoms with Crippen LogP contribution in [0, 0.1) is 17.8 Å². The van der Waals surface area contributed by atoms with Crippen LogP contribution in [0.1, 0.15) is 42.7 Å². The number of ether oxygens (including phenoxy) is 1. The van der Waals surface area contributed by atoms with Gasteiger partial charge in [-0.3, -0.25) is 9.59 Å². The molecule has 2 aromatic rings. The molecule has 0 bridgehead atoms. The fourth-order valence-electron chi connectivity index (χ4n) is 5.80. The lowest BCUT2D eigenvalue weighted by Crippen LogP contribution is -2.50. The lowest BCUT2D eigenvalue weighted by Gasteiger charge is -2.40. The fourth-order valence-corrected chi connectivity index (χ4v) is 5.80. The van der Waals surface area contributed by atoms with Crippen LogP contribution in [-0.2, 0) is 14.3 Å². The van der Waals surface area contributed by atoms with Crippen molar-refractivity contribution in [1.82, 2.24) is 10.6 Å². The van der Waals surface area contributed by atoms with Crippen LogP contribution in [0.2, 0.25) is 0 Å². The van der Waals surface area contributed by atoms with Gasteiger partial charge in [0.25, 0.3) is 0 Å². The summed E-state index contributed by atoms with van der Waals surface area (Å²) in [6, 6.07) is 16.4. The third-order valence-electron chi connectivity index (χ3n) is 7.48. The first-order valence-electron chi connectivity index (χ1n) is 11.6. The van der Waals surface area contributed by atoms with Gasteiger partial charge >= 0.3 is 12.1 Å². The Balaban J connectivity index is 1.05. The van der Waals surface area contributed by atoms with Crippen molar-refractivity contribution in [1.29, 1.82) is 0 Å². The Morgan fingerprint density at radius 1 is 0.939 bits per heavy atom. The third-order valence-corrected chi connectivity index (χ3v) is 7.48. The number of carbonyl (C=O) groups excluding carboxylic acids is 2. The number of hydrogen-bond donors (Lipinski definition) is 3. The fraction of sp³-hybridized carbons (Fsp3) is 0.423. The average Bonchev–Trinajstić information content (AvgIpc) is 3.31. The van der Waals surface area contributed by atoms with Gasteiger partial charge in [0, 0.05) is 24.9 Å². The highest BCUT2D eigenvalue weighted by Gasteiger charge is 2.49. The zero-order valence-corrected chi connectivity index (χ0v) is 18.3. The lowest BCUT2D eigenvalue weighted by atomic mass is 9.71. The Labute approximate surface area is 192 Å². The van der Waals surface area contributed by atoms with Gasteiger partial charge in [0.2, 0.25) is 5.91 Å². The van der Waals surface area contributed by atoms with Crippen LogP contribution in [0.3, 0.4) is 0 Å². The van der Waals surface area contributed by atoms with Crippen molar-refractivity contribution in [3.05, 3.63) is 59.7 Å². The summed E-state index contributed by atoms with van der Waals surface area (Å²) in [4.78, 5) is 35.7. The topological polar surface area (TPSA) is 105 Å². The molecule has 4 atom stereocenters. The van der Waals surface area contributed by atoms with Gasteiger partial charge in [-0.15, -0.1) is 0 Å². The van der Waals surface area contributed by atoms with E-state index in [0.717, 1.165) is 24.0 Å². The van der Waals surface area contributed by atoms with Gasteiger partial charge in [-0.2, -0.15) is 0 Å². The zero-order chi connectivity index (χ0) is 22.9. The second-order valence-electron chi connectivity index (χ2n) is 9.34. The second kappa shape index (κ2) is 8.89. The molecule has 0 aromatic heterocycles. The van der Waals surface area contributed by atoms with Crippen LogP contribution in [0.4, 0.5) is 4.79 Å². The summed E-state index contributed by atoms with van der Waals surface area (Å²) < 4.78 is 5.49. The van der Waals surface area contributed by atoms with Crippen molar-refractivity contribution >= 4 is 18.0 Å². The molecule has 33 heavy (non-hydrogen) atoms. The van der Waals surface area contributed by atoms with Crippen molar-refractivity contribution in [3.63, 3.8) is 0 Å². The number of hydrogen-bond acceptors (Lipinski definition) is 4. The molecule has 0 radical (unpaired) electrons. The first kappa shape index (κ1) is 21.5. The molecule has 0 heterocycles. The average molecular weight is 449 g/mol. The van der Waals surface area contributed by atoms with Crippen LogP contribution >= 0.6 is 0 Å². The van der Waals surface area contributed by atoms with E-state index in [0.29, 0.717) is 12.3 Å². The quantitative estimate of drug-likeness (QED) is 0.601. The molecule has 2 amide bonds. The number of nitrogens with one attached hydrogen (secondary N) is 2. The lowest BCUT2D eigenvalue weighted by molar-refractivity contribution is -0.141. The highest BCUT2D eigenvalue weighted by molar-refractivity contribution is 5.79. The Bertz CT molecular complexity index is 1040. The van der Waals surface area contributed by atoms with E-state index in [1.807, 2.05) is 24.3 Å². The third kappa shape index (κ3) is 4.19. The number of carbonyl (C=O) groups is 3. The normalized spacial score (nSPS) is 24.7. The van der Waals surface area contributed by atoms with Crippen LogP contribution in [0.5, 0.6) is 0 Å². The highest BCUT2D eigenvalue weighted by atomic mass is 16.5. The summed E-state index contributed by atoms with van der Waals surface area (Å²) in [6.07, 6.45) is 1.84. The minimum atomic E-state index is -0.734. The second-order valence-corrected chi connectivity index (χ2v) is 9.34. The number of amides is 2. The molecule has 0 saturated heterocycles. The predicted octanol–water partition coefficient (Wildman–Crippen LogP) is 3.53. The monoisotopic (exact) mass is 448 g/mol. The maximum Gasteiger partial charge on any atom is 0.407 e. The molecule has 172 valence electrons. The first-order valence-corrected chi connectivity index (χ1v) is 11.6. The van der Waals surface area contributed by atoms with Gasteiger partial charge in [0.1, 0.15) is 6.61 Å². The zero-order valence-electron chi connectivity index (χ0n) is 18.3. The van der Waals surface area contributed by atoms with E-state index in [1.54, 1.807) is 0 Å². The SMILES string of the molecule is O=C(CCNC(=O)OCC1c2ccccc2-c2ccccc21)N[C@H]1C[C@H]2CC(C(=O)O)C[C@H]21. The van der Waals surface area contributed by atoms with E-state index in [4.69, 9.17) is 4.74 Å². The van der Waals surface area contributed by atoms with Crippen LogP contribution in [0.25, 0.3) is 11.1 Å². The number of rotatable bonds is 7. The van der Waals surface area contributed by atoms with Gasteiger partial charge in [-0.1, -0.05) is 48.5 Å². The Hall–Kier alpha value is -3.35. The molecular weight excluding hydrogens is 420 g/mol. The number of fused-ring (bicyclic) bond motifs is 4. The van der Waals surface area contributed by atoms with Crippen molar-refractivity contribution < 1.29 is 24.2 Å². The van der Waals surface area contributed by atoms with Crippen LogP contribution in [-0.4, -0.2) is 42.3 Å². The van der Waals surface area contributed by atoms with Crippen molar-refractivity contribution in [2.24, 2.45) is 17.8 Å². The van der Waals surface area contributed by atoms with E-state index < -0.39 is 12.1 Å². The maximum atomic E-state index is 12.3. The highest BCUT2D eigenvalue weighted by Crippen LogP contribution is 2.49. The molecule has 0 aliphatic heterocycles. The summed E-state index contributed by atoms with van der Waals surface area (Å²) in [5.41, 5.74) is 4.66. The molecule has 7 heteroatoms. The van der Waals surface area contributed by atoms with Gasteiger partial charge in [-0.05, 0) is 53.4 Å². The Kier molecular flexibility index (Phi) is 5.79. The molecule has 2 saturated carbocycles. The minimum absolute atomic E-state index is 0.000879. The number of aliphatic carboxylic acids is 1. The van der Waals surface area contributed by atoms with Gasteiger partial charge in [0.15, 0.2) is 0 Å². The number of alkyl carbamates (subject to hydrolysis) is 1. The predicted molar refractivity (Wildman–Crippen MR) is 122 cm³/mol. The molecule has 1 unspecified atom stereocenters. The molecule has 0 spiro atoms. The first-order chi connectivity index (χ1) is 16.0. The maximum absolute atomic E-state index is 12.3. The molecule has 3 N–H and O–H groups in total. The van der Waals surface area contributed by atoms with Crippen molar-refractivity contribution in [2.45, 2.75) is 37.6 Å². The summed E-state index contributed by atoms with van der Waals surface area (Å²) in [5, 5.41) is 14.8.